The minimum absolute atomic E-state index is 0.289. The van der Waals surface area contributed by atoms with Gasteiger partial charge in [-0.05, 0) is 71.4 Å². The van der Waals surface area contributed by atoms with E-state index in [1.54, 1.807) is 30.3 Å². The van der Waals surface area contributed by atoms with Gasteiger partial charge in [0.25, 0.3) is 11.1 Å². The number of thioether (sulfide) groups is 1. The SMILES string of the molecule is CCOc1ccc(NC(=O)CN2C(=O)S/C(=C/c3cn(Cc4cccc5ccccc45)c4ccccc34)C2=O)cc1. The number of fused-ring (bicyclic) bond motifs is 2. The lowest BCUT2D eigenvalue weighted by Crippen LogP contribution is -2.36. The second-order valence-corrected chi connectivity index (χ2v) is 10.6. The zero-order valence-corrected chi connectivity index (χ0v) is 23.2. The van der Waals surface area contributed by atoms with Gasteiger partial charge in [-0.25, -0.2) is 0 Å². The van der Waals surface area contributed by atoms with Gasteiger partial charge < -0.3 is 14.6 Å². The molecule has 0 bridgehead atoms. The molecule has 1 aromatic heterocycles. The van der Waals surface area contributed by atoms with E-state index < -0.39 is 17.1 Å². The molecule has 1 aliphatic heterocycles. The fraction of sp³-hybridized carbons (Fsp3) is 0.121. The van der Waals surface area contributed by atoms with E-state index in [9.17, 15) is 14.4 Å². The number of anilines is 1. The molecule has 0 radical (unpaired) electrons. The number of aromatic nitrogens is 1. The monoisotopic (exact) mass is 561 g/mol. The number of imide groups is 1. The van der Waals surface area contributed by atoms with Crippen molar-refractivity contribution >= 4 is 62.3 Å². The van der Waals surface area contributed by atoms with Gasteiger partial charge >= 0.3 is 0 Å². The molecule has 2 heterocycles. The smallest absolute Gasteiger partial charge is 0.294 e. The number of nitrogens with zero attached hydrogens (tertiary/aromatic N) is 2. The van der Waals surface area contributed by atoms with Crippen molar-refractivity contribution in [2.45, 2.75) is 13.5 Å². The molecule has 1 aliphatic rings. The molecule has 204 valence electrons. The molecule has 41 heavy (non-hydrogen) atoms. The van der Waals surface area contributed by atoms with E-state index in [0.29, 0.717) is 24.6 Å². The van der Waals surface area contributed by atoms with Gasteiger partial charge in [-0.15, -0.1) is 0 Å². The number of amides is 3. The van der Waals surface area contributed by atoms with Crippen LogP contribution >= 0.6 is 11.8 Å². The summed E-state index contributed by atoms with van der Waals surface area (Å²) in [5.41, 5.74) is 3.61. The molecule has 0 aliphatic carbocycles. The predicted molar refractivity (Wildman–Crippen MR) is 164 cm³/mol. The third-order valence-electron chi connectivity index (χ3n) is 6.95. The van der Waals surface area contributed by atoms with E-state index in [0.717, 1.165) is 33.1 Å². The topological polar surface area (TPSA) is 80.6 Å². The highest BCUT2D eigenvalue weighted by Crippen LogP contribution is 2.34. The Morgan fingerprint density at radius 2 is 1.63 bits per heavy atom. The summed E-state index contributed by atoms with van der Waals surface area (Å²) in [6.45, 7) is 2.73. The lowest BCUT2D eigenvalue weighted by molar-refractivity contribution is -0.127. The largest absolute Gasteiger partial charge is 0.494 e. The van der Waals surface area contributed by atoms with E-state index in [-0.39, 0.29) is 11.4 Å². The molecular formula is C33H27N3O4S. The third-order valence-corrected chi connectivity index (χ3v) is 7.86. The minimum atomic E-state index is -0.479. The van der Waals surface area contributed by atoms with Gasteiger partial charge in [0.05, 0.1) is 11.5 Å². The summed E-state index contributed by atoms with van der Waals surface area (Å²) in [4.78, 5) is 39.9. The first kappa shape index (κ1) is 26.4. The van der Waals surface area contributed by atoms with Crippen LogP contribution < -0.4 is 10.1 Å². The fourth-order valence-corrected chi connectivity index (χ4v) is 5.89. The maximum Gasteiger partial charge on any atom is 0.294 e. The van der Waals surface area contributed by atoms with Crippen molar-refractivity contribution in [3.05, 3.63) is 113 Å². The number of nitrogens with one attached hydrogen (secondary N) is 1. The van der Waals surface area contributed by atoms with Gasteiger partial charge in [0.2, 0.25) is 5.91 Å². The number of carbonyl (C=O) groups is 3. The van der Waals surface area contributed by atoms with Gasteiger partial charge in [-0.2, -0.15) is 0 Å². The van der Waals surface area contributed by atoms with Gasteiger partial charge in [0.15, 0.2) is 0 Å². The maximum atomic E-state index is 13.2. The molecule has 5 aromatic rings. The average molecular weight is 562 g/mol. The Bertz CT molecular complexity index is 1820. The molecule has 0 saturated carbocycles. The van der Waals surface area contributed by atoms with Crippen LogP contribution in [0.4, 0.5) is 10.5 Å². The molecular weight excluding hydrogens is 534 g/mol. The molecule has 4 aromatic carbocycles. The first-order valence-corrected chi connectivity index (χ1v) is 14.1. The molecule has 0 atom stereocenters. The third kappa shape index (κ3) is 5.47. The number of carbonyl (C=O) groups excluding carboxylic acids is 3. The van der Waals surface area contributed by atoms with Gasteiger partial charge in [-0.1, -0.05) is 60.7 Å². The molecule has 1 saturated heterocycles. The molecule has 6 rings (SSSR count). The van der Waals surface area contributed by atoms with Gasteiger partial charge in [0, 0.05) is 34.9 Å². The van der Waals surface area contributed by atoms with Crippen molar-refractivity contribution in [3.8, 4) is 5.75 Å². The van der Waals surface area contributed by atoms with Crippen LogP contribution in [0.5, 0.6) is 5.75 Å². The van der Waals surface area contributed by atoms with E-state index in [2.05, 4.69) is 46.3 Å². The van der Waals surface area contributed by atoms with E-state index in [1.807, 2.05) is 43.5 Å². The van der Waals surface area contributed by atoms with Crippen LogP contribution in [0.1, 0.15) is 18.1 Å². The number of para-hydroxylation sites is 1. The Morgan fingerprint density at radius 1 is 0.902 bits per heavy atom. The van der Waals surface area contributed by atoms with E-state index >= 15 is 0 Å². The van der Waals surface area contributed by atoms with Crippen LogP contribution in [-0.2, 0) is 16.1 Å². The number of hydrogen-bond donors (Lipinski definition) is 1. The van der Waals surface area contributed by atoms with Crippen molar-refractivity contribution in [1.82, 2.24) is 9.47 Å². The summed E-state index contributed by atoms with van der Waals surface area (Å²) >= 11 is 0.849. The van der Waals surface area contributed by atoms with Gasteiger partial charge in [-0.3, -0.25) is 19.3 Å². The van der Waals surface area contributed by atoms with Crippen LogP contribution in [0.2, 0.25) is 0 Å². The highest BCUT2D eigenvalue weighted by Gasteiger charge is 2.36. The summed E-state index contributed by atoms with van der Waals surface area (Å²) in [6.07, 6.45) is 3.76. The number of rotatable bonds is 8. The lowest BCUT2D eigenvalue weighted by Gasteiger charge is -2.12. The Balaban J connectivity index is 1.22. The van der Waals surface area contributed by atoms with Crippen molar-refractivity contribution < 1.29 is 19.1 Å². The molecule has 7 nitrogen and oxygen atoms in total. The Labute approximate surface area is 241 Å². The highest BCUT2D eigenvalue weighted by molar-refractivity contribution is 8.18. The standard InChI is InChI=1S/C33H27N3O4S/c1-2-40-26-16-14-25(15-17-26)34-31(37)21-36-32(38)30(41-33(36)39)18-24-20-35(29-13-6-5-12-28(24)29)19-23-10-7-9-22-8-3-4-11-27(22)23/h3-18,20H,2,19,21H2,1H3,(H,34,37)/b30-18+. The summed E-state index contributed by atoms with van der Waals surface area (Å²) in [6, 6.07) is 29.5. The van der Waals surface area contributed by atoms with E-state index in [1.165, 1.54) is 16.3 Å². The minimum Gasteiger partial charge on any atom is -0.494 e. The second kappa shape index (κ2) is 11.3. The Kier molecular flexibility index (Phi) is 7.31. The molecule has 8 heteroatoms. The molecule has 1 N–H and O–H groups in total. The number of benzene rings is 4. The molecule has 0 unspecified atom stereocenters. The van der Waals surface area contributed by atoms with Crippen molar-refractivity contribution in [2.24, 2.45) is 0 Å². The molecule has 0 spiro atoms. The fourth-order valence-electron chi connectivity index (χ4n) is 5.06. The van der Waals surface area contributed by atoms with Crippen LogP contribution in [0.3, 0.4) is 0 Å². The zero-order valence-electron chi connectivity index (χ0n) is 22.4. The normalized spacial score (nSPS) is 14.4. The highest BCUT2D eigenvalue weighted by atomic mass is 32.2. The lowest BCUT2D eigenvalue weighted by atomic mass is 10.0. The van der Waals surface area contributed by atoms with Crippen molar-refractivity contribution in [3.63, 3.8) is 0 Å². The summed E-state index contributed by atoms with van der Waals surface area (Å²) in [5.74, 6) is -0.239. The average Bonchev–Trinajstić information content (AvgIpc) is 3.46. The predicted octanol–water partition coefficient (Wildman–Crippen LogP) is 6.92. The second-order valence-electron chi connectivity index (χ2n) is 9.64. The van der Waals surface area contributed by atoms with Crippen LogP contribution in [0.25, 0.3) is 27.8 Å². The number of ether oxygens (including phenoxy) is 1. The quantitative estimate of drug-likeness (QED) is 0.208. The van der Waals surface area contributed by atoms with Crippen molar-refractivity contribution in [2.75, 3.05) is 18.5 Å². The summed E-state index contributed by atoms with van der Waals surface area (Å²) < 4.78 is 7.58. The van der Waals surface area contributed by atoms with Gasteiger partial charge in [0.1, 0.15) is 12.3 Å². The maximum absolute atomic E-state index is 13.2. The summed E-state index contributed by atoms with van der Waals surface area (Å²) in [7, 11) is 0. The van der Waals surface area contributed by atoms with Crippen molar-refractivity contribution in [1.29, 1.82) is 0 Å². The Morgan fingerprint density at radius 3 is 2.44 bits per heavy atom. The number of hydrogen-bond acceptors (Lipinski definition) is 5. The van der Waals surface area contributed by atoms with Crippen LogP contribution in [0, 0.1) is 0 Å². The Hall–Kier alpha value is -4.82. The zero-order chi connectivity index (χ0) is 28.3. The van der Waals surface area contributed by atoms with E-state index in [4.69, 9.17) is 4.74 Å². The van der Waals surface area contributed by atoms with Crippen LogP contribution in [-0.4, -0.2) is 39.7 Å². The molecule has 3 amide bonds. The molecule has 1 fully saturated rings. The first-order valence-electron chi connectivity index (χ1n) is 13.3. The first-order chi connectivity index (χ1) is 20.0. The summed E-state index contributed by atoms with van der Waals surface area (Å²) in [5, 5.41) is 5.62. The van der Waals surface area contributed by atoms with Crippen LogP contribution in [0.15, 0.2) is 102 Å².